The third kappa shape index (κ3) is 5.08. The second kappa shape index (κ2) is 8.75. The minimum absolute atomic E-state index is 0.00519. The Morgan fingerprint density at radius 1 is 1.00 bits per heavy atom. The molecule has 33 heavy (non-hydrogen) atoms. The van der Waals surface area contributed by atoms with Gasteiger partial charge in [-0.25, -0.2) is 8.42 Å². The number of carbonyl (C=O) groups is 1. The summed E-state index contributed by atoms with van der Waals surface area (Å²) in [5.41, 5.74) is -0.728. The quantitative estimate of drug-likeness (QED) is 0.656. The van der Waals surface area contributed by atoms with E-state index in [0.717, 1.165) is 16.4 Å². The van der Waals surface area contributed by atoms with Crippen LogP contribution in [0.5, 0.6) is 0 Å². The molecule has 1 aromatic carbocycles. The fraction of sp³-hybridized carbons (Fsp3) is 0.545. The second-order valence-corrected chi connectivity index (χ2v) is 11.4. The summed E-state index contributed by atoms with van der Waals surface area (Å²) in [6, 6.07) is 6.09. The van der Waals surface area contributed by atoms with Gasteiger partial charge in [-0.3, -0.25) is 9.48 Å². The first-order valence-corrected chi connectivity index (χ1v) is 12.1. The van der Waals surface area contributed by atoms with Crippen molar-refractivity contribution in [3.63, 3.8) is 0 Å². The molecule has 2 aromatic rings. The summed E-state index contributed by atoms with van der Waals surface area (Å²) in [6.45, 7) is 9.15. The summed E-state index contributed by atoms with van der Waals surface area (Å²) >= 11 is 0. The van der Waals surface area contributed by atoms with Crippen LogP contribution in [0.3, 0.4) is 0 Å². The molecule has 11 heteroatoms. The van der Waals surface area contributed by atoms with Crippen molar-refractivity contribution in [2.24, 2.45) is 0 Å². The lowest BCUT2D eigenvalue weighted by Gasteiger charge is -2.34. The summed E-state index contributed by atoms with van der Waals surface area (Å²) in [5, 5.41) is 3.76. The molecular formula is C22H29F3N4O3S. The van der Waals surface area contributed by atoms with Gasteiger partial charge in [0.15, 0.2) is 5.69 Å². The molecule has 182 valence electrons. The summed E-state index contributed by atoms with van der Waals surface area (Å²) in [7, 11) is -3.78. The normalized spacial score (nSPS) is 16.5. The lowest BCUT2D eigenvalue weighted by Crippen LogP contribution is -2.50. The van der Waals surface area contributed by atoms with E-state index in [1.807, 2.05) is 20.8 Å². The van der Waals surface area contributed by atoms with E-state index in [1.165, 1.54) is 9.21 Å². The Hall–Kier alpha value is -2.40. The zero-order valence-corrected chi connectivity index (χ0v) is 20.2. The van der Waals surface area contributed by atoms with Gasteiger partial charge in [-0.15, -0.1) is 0 Å². The maximum absolute atomic E-state index is 13.6. The number of sulfonamides is 1. The standard InChI is InChI=1S/C22H29F3N4O3S/c1-15(2)29-19(22(23,24)25)18(14-26-29)20(30)27-10-12-28(13-11-27)33(31,32)17-8-6-16(7-9-17)21(3,4)5/h6-9,14-15H,10-13H2,1-5H3. The molecule has 1 saturated heterocycles. The fourth-order valence-electron chi connectivity index (χ4n) is 3.77. The molecule has 7 nitrogen and oxygen atoms in total. The van der Waals surface area contributed by atoms with Crippen molar-refractivity contribution in [3.05, 3.63) is 47.3 Å². The molecule has 0 unspecified atom stereocenters. The first-order valence-electron chi connectivity index (χ1n) is 10.7. The van der Waals surface area contributed by atoms with E-state index in [4.69, 9.17) is 0 Å². The van der Waals surface area contributed by atoms with Gasteiger partial charge < -0.3 is 4.90 Å². The van der Waals surface area contributed by atoms with Gasteiger partial charge in [0.05, 0.1) is 16.7 Å². The van der Waals surface area contributed by atoms with Crippen molar-refractivity contribution in [1.82, 2.24) is 19.0 Å². The molecule has 0 N–H and O–H groups in total. The maximum Gasteiger partial charge on any atom is 0.433 e. The van der Waals surface area contributed by atoms with Crippen molar-refractivity contribution in [2.45, 2.75) is 57.1 Å². The van der Waals surface area contributed by atoms with E-state index in [9.17, 15) is 26.4 Å². The van der Waals surface area contributed by atoms with Gasteiger partial charge in [-0.2, -0.15) is 22.6 Å². The molecule has 1 aromatic heterocycles. The third-order valence-electron chi connectivity index (χ3n) is 5.67. The average molecular weight is 487 g/mol. The maximum atomic E-state index is 13.6. The number of aromatic nitrogens is 2. The minimum atomic E-state index is -4.74. The highest BCUT2D eigenvalue weighted by molar-refractivity contribution is 7.89. The number of halogens is 3. The van der Waals surface area contributed by atoms with Crippen LogP contribution >= 0.6 is 0 Å². The molecule has 3 rings (SSSR count). The summed E-state index contributed by atoms with van der Waals surface area (Å²) in [5.74, 6) is -0.805. The second-order valence-electron chi connectivity index (χ2n) is 9.41. The SMILES string of the molecule is CC(C)n1ncc(C(=O)N2CCN(S(=O)(=O)c3ccc(C(C)(C)C)cc3)CC2)c1C(F)(F)F. The van der Waals surface area contributed by atoms with Crippen LogP contribution in [0.2, 0.25) is 0 Å². The van der Waals surface area contributed by atoms with Crippen LogP contribution in [0.15, 0.2) is 35.4 Å². The number of benzene rings is 1. The van der Waals surface area contributed by atoms with Crippen LogP contribution in [0, 0.1) is 0 Å². The number of rotatable bonds is 4. The summed E-state index contributed by atoms with van der Waals surface area (Å²) in [6.07, 6.45) is -3.80. The number of amides is 1. The summed E-state index contributed by atoms with van der Waals surface area (Å²) < 4.78 is 68.9. The van der Waals surface area contributed by atoms with Gasteiger partial charge in [0, 0.05) is 32.2 Å². The van der Waals surface area contributed by atoms with Crippen LogP contribution in [0.25, 0.3) is 0 Å². The van der Waals surface area contributed by atoms with E-state index in [1.54, 1.807) is 38.1 Å². The van der Waals surface area contributed by atoms with Gasteiger partial charge in [0.1, 0.15) is 0 Å². The molecule has 0 saturated carbocycles. The zero-order chi connectivity index (χ0) is 24.8. The van der Waals surface area contributed by atoms with E-state index >= 15 is 0 Å². The smallest absolute Gasteiger partial charge is 0.336 e. The van der Waals surface area contributed by atoms with E-state index in [-0.39, 0.29) is 36.5 Å². The number of alkyl halides is 3. The monoisotopic (exact) mass is 486 g/mol. The molecule has 1 aliphatic heterocycles. The van der Waals surface area contributed by atoms with E-state index < -0.39 is 39.4 Å². The van der Waals surface area contributed by atoms with Gasteiger partial charge >= 0.3 is 6.18 Å². The molecule has 0 atom stereocenters. The molecule has 0 aliphatic carbocycles. The molecule has 1 fully saturated rings. The largest absolute Gasteiger partial charge is 0.433 e. The van der Waals surface area contributed by atoms with Crippen LogP contribution in [-0.4, -0.2) is 59.5 Å². The topological polar surface area (TPSA) is 75.5 Å². The molecule has 0 bridgehead atoms. The van der Waals surface area contributed by atoms with Crippen molar-refractivity contribution in [1.29, 1.82) is 0 Å². The van der Waals surface area contributed by atoms with Crippen LogP contribution in [0.4, 0.5) is 13.2 Å². The Balaban J connectivity index is 1.75. The van der Waals surface area contributed by atoms with Crippen molar-refractivity contribution in [2.75, 3.05) is 26.2 Å². The Morgan fingerprint density at radius 3 is 2.00 bits per heavy atom. The minimum Gasteiger partial charge on any atom is -0.336 e. The highest BCUT2D eigenvalue weighted by atomic mass is 32.2. The number of nitrogens with zero attached hydrogens (tertiary/aromatic N) is 4. The highest BCUT2D eigenvalue weighted by Crippen LogP contribution is 2.34. The van der Waals surface area contributed by atoms with Gasteiger partial charge in [-0.05, 0) is 37.0 Å². The van der Waals surface area contributed by atoms with Crippen molar-refractivity contribution < 1.29 is 26.4 Å². The highest BCUT2D eigenvalue weighted by Gasteiger charge is 2.42. The van der Waals surface area contributed by atoms with Crippen molar-refractivity contribution >= 4 is 15.9 Å². The fourth-order valence-corrected chi connectivity index (χ4v) is 5.19. The van der Waals surface area contributed by atoms with Crippen LogP contribution in [-0.2, 0) is 21.6 Å². The van der Waals surface area contributed by atoms with E-state index in [2.05, 4.69) is 5.10 Å². The zero-order valence-electron chi connectivity index (χ0n) is 19.3. The first-order chi connectivity index (χ1) is 15.1. The first kappa shape index (κ1) is 25.2. The lowest BCUT2D eigenvalue weighted by molar-refractivity contribution is -0.145. The Kier molecular flexibility index (Phi) is 6.69. The number of carbonyl (C=O) groups excluding carboxylic acids is 1. The molecule has 1 aliphatic rings. The summed E-state index contributed by atoms with van der Waals surface area (Å²) in [4.78, 5) is 14.3. The molecule has 0 spiro atoms. The Bertz CT molecular complexity index is 1110. The van der Waals surface area contributed by atoms with Gasteiger partial charge in [0.25, 0.3) is 5.91 Å². The number of hydrogen-bond acceptors (Lipinski definition) is 4. The van der Waals surface area contributed by atoms with E-state index in [0.29, 0.717) is 0 Å². The molecule has 0 radical (unpaired) electrons. The van der Waals surface area contributed by atoms with Crippen molar-refractivity contribution in [3.8, 4) is 0 Å². The molecule has 1 amide bonds. The third-order valence-corrected chi connectivity index (χ3v) is 7.58. The van der Waals surface area contributed by atoms with Gasteiger partial charge in [0.2, 0.25) is 10.0 Å². The predicted octanol–water partition coefficient (Wildman–Crippen LogP) is 3.93. The molecule has 2 heterocycles. The Morgan fingerprint density at radius 2 is 1.55 bits per heavy atom. The predicted molar refractivity (Wildman–Crippen MR) is 117 cm³/mol. The number of piperazine rings is 1. The lowest BCUT2D eigenvalue weighted by atomic mass is 9.87. The Labute approximate surface area is 192 Å². The van der Waals surface area contributed by atoms with Gasteiger partial charge in [-0.1, -0.05) is 32.9 Å². The van der Waals surface area contributed by atoms with Crippen LogP contribution < -0.4 is 0 Å². The average Bonchev–Trinajstić information content (AvgIpc) is 3.19. The number of hydrogen-bond donors (Lipinski definition) is 0. The molecular weight excluding hydrogens is 457 g/mol. The van der Waals surface area contributed by atoms with Crippen LogP contribution in [0.1, 0.15) is 62.3 Å².